The van der Waals surface area contributed by atoms with E-state index in [0.29, 0.717) is 37.3 Å². The Hall–Kier alpha value is -0.570. The Morgan fingerprint density at radius 3 is 2.25 bits per heavy atom. The molecule has 0 saturated carbocycles. The van der Waals surface area contributed by atoms with E-state index < -0.39 is 0 Å². The van der Waals surface area contributed by atoms with Crippen molar-refractivity contribution in [3.05, 3.63) is 0 Å². The summed E-state index contributed by atoms with van der Waals surface area (Å²) in [5.74, 6) is 1.46. The van der Waals surface area contributed by atoms with Crippen LogP contribution in [0.4, 0.5) is 0 Å². The molecule has 96 valence electrons. The summed E-state index contributed by atoms with van der Waals surface area (Å²) in [6, 6.07) is 0. The third kappa shape index (κ3) is 7.69. The van der Waals surface area contributed by atoms with Gasteiger partial charge >= 0.3 is 5.97 Å². The number of carbonyl (C=O) groups excluding carboxylic acids is 1. The molecular weight excluding hydrogens is 202 g/mol. The van der Waals surface area contributed by atoms with Crippen molar-refractivity contribution in [1.29, 1.82) is 0 Å². The predicted octanol–water partition coefficient (Wildman–Crippen LogP) is 2.59. The molecule has 0 heterocycles. The number of hydrogen-bond donors (Lipinski definition) is 1. The number of hydrogen-bond acceptors (Lipinski definition) is 3. The molecule has 0 aliphatic carbocycles. The van der Waals surface area contributed by atoms with E-state index in [-0.39, 0.29) is 5.97 Å². The maximum absolute atomic E-state index is 11.4. The molecule has 0 aromatic carbocycles. The monoisotopic (exact) mass is 229 g/mol. The minimum absolute atomic E-state index is 0.0728. The largest absolute Gasteiger partial charge is 0.465 e. The number of nitrogens with two attached hydrogens (primary N) is 1. The third-order valence-corrected chi connectivity index (χ3v) is 2.78. The van der Waals surface area contributed by atoms with Crippen molar-refractivity contribution in [3.63, 3.8) is 0 Å². The van der Waals surface area contributed by atoms with Crippen molar-refractivity contribution in [2.45, 2.75) is 47.0 Å². The first kappa shape index (κ1) is 15.4. The highest BCUT2D eigenvalue weighted by atomic mass is 16.5. The van der Waals surface area contributed by atoms with E-state index in [1.165, 1.54) is 0 Å². The quantitative estimate of drug-likeness (QED) is 0.651. The Balaban J connectivity index is 3.78. The lowest BCUT2D eigenvalue weighted by atomic mass is 9.88. The van der Waals surface area contributed by atoms with Gasteiger partial charge in [0.05, 0.1) is 6.61 Å². The number of esters is 1. The van der Waals surface area contributed by atoms with Gasteiger partial charge in [0, 0.05) is 6.42 Å². The molecular formula is C13H27NO2. The fraction of sp³-hybridized carbons (Fsp3) is 0.923. The Kier molecular flexibility index (Phi) is 8.26. The van der Waals surface area contributed by atoms with Crippen molar-refractivity contribution in [1.82, 2.24) is 0 Å². The van der Waals surface area contributed by atoms with Crippen molar-refractivity contribution in [2.24, 2.45) is 23.5 Å². The van der Waals surface area contributed by atoms with Gasteiger partial charge < -0.3 is 10.5 Å². The van der Waals surface area contributed by atoms with Crippen LogP contribution in [-0.2, 0) is 9.53 Å². The molecule has 0 rings (SSSR count). The van der Waals surface area contributed by atoms with Gasteiger partial charge in [-0.2, -0.15) is 0 Å². The third-order valence-electron chi connectivity index (χ3n) is 2.78. The predicted molar refractivity (Wildman–Crippen MR) is 67.0 cm³/mol. The van der Waals surface area contributed by atoms with Gasteiger partial charge in [0.25, 0.3) is 0 Å². The fourth-order valence-electron chi connectivity index (χ4n) is 1.66. The maximum Gasteiger partial charge on any atom is 0.305 e. The van der Waals surface area contributed by atoms with E-state index in [0.717, 1.165) is 12.8 Å². The molecule has 0 amide bonds. The lowest BCUT2D eigenvalue weighted by Crippen LogP contribution is -2.17. The molecule has 0 saturated heterocycles. The molecule has 1 unspecified atom stereocenters. The van der Waals surface area contributed by atoms with Crippen LogP contribution in [-0.4, -0.2) is 19.1 Å². The first-order valence-electron chi connectivity index (χ1n) is 6.33. The summed E-state index contributed by atoms with van der Waals surface area (Å²) in [5, 5.41) is 0. The van der Waals surface area contributed by atoms with Crippen molar-refractivity contribution < 1.29 is 9.53 Å². The topological polar surface area (TPSA) is 52.3 Å². The Morgan fingerprint density at radius 2 is 1.81 bits per heavy atom. The second kappa shape index (κ2) is 8.57. The second-order valence-corrected chi connectivity index (χ2v) is 5.20. The van der Waals surface area contributed by atoms with E-state index in [1.54, 1.807) is 0 Å². The highest BCUT2D eigenvalue weighted by molar-refractivity contribution is 5.69. The summed E-state index contributed by atoms with van der Waals surface area (Å²) in [6.45, 7) is 9.67. The minimum Gasteiger partial charge on any atom is -0.465 e. The molecule has 3 heteroatoms. The molecule has 0 aliphatic rings. The lowest BCUT2D eigenvalue weighted by Gasteiger charge is -2.19. The molecule has 0 spiro atoms. The average Bonchev–Trinajstić information content (AvgIpc) is 2.20. The van der Waals surface area contributed by atoms with Crippen LogP contribution in [0.2, 0.25) is 0 Å². The van der Waals surface area contributed by atoms with Gasteiger partial charge in [-0.25, -0.2) is 0 Å². The molecule has 0 aromatic heterocycles. The zero-order valence-corrected chi connectivity index (χ0v) is 11.2. The van der Waals surface area contributed by atoms with Crippen molar-refractivity contribution in [3.8, 4) is 0 Å². The number of rotatable bonds is 8. The average molecular weight is 229 g/mol. The van der Waals surface area contributed by atoms with E-state index in [2.05, 4.69) is 13.8 Å². The van der Waals surface area contributed by atoms with Crippen LogP contribution in [0.15, 0.2) is 0 Å². The molecule has 0 radical (unpaired) electrons. The van der Waals surface area contributed by atoms with Crippen molar-refractivity contribution >= 4 is 5.97 Å². The highest BCUT2D eigenvalue weighted by Gasteiger charge is 2.15. The molecule has 3 nitrogen and oxygen atoms in total. The molecule has 2 N–H and O–H groups in total. The Bertz CT molecular complexity index is 190. The van der Waals surface area contributed by atoms with Gasteiger partial charge in [0.1, 0.15) is 0 Å². The fourth-order valence-corrected chi connectivity index (χ4v) is 1.66. The van der Waals surface area contributed by atoms with E-state index in [9.17, 15) is 4.79 Å². The van der Waals surface area contributed by atoms with E-state index in [1.807, 2.05) is 13.8 Å². The van der Waals surface area contributed by atoms with E-state index in [4.69, 9.17) is 10.5 Å². The first-order valence-corrected chi connectivity index (χ1v) is 6.33. The van der Waals surface area contributed by atoms with Crippen LogP contribution in [0.5, 0.6) is 0 Å². The Morgan fingerprint density at radius 1 is 1.19 bits per heavy atom. The lowest BCUT2D eigenvalue weighted by molar-refractivity contribution is -0.145. The summed E-state index contributed by atoms with van der Waals surface area (Å²) in [6.07, 6.45) is 2.41. The van der Waals surface area contributed by atoms with Gasteiger partial charge in [-0.15, -0.1) is 0 Å². The molecule has 0 bridgehead atoms. The number of ether oxygens (including phenoxy) is 1. The van der Waals surface area contributed by atoms with Crippen molar-refractivity contribution in [2.75, 3.05) is 13.2 Å². The zero-order chi connectivity index (χ0) is 12.6. The van der Waals surface area contributed by atoms with E-state index >= 15 is 0 Å². The van der Waals surface area contributed by atoms with Gasteiger partial charge in [0.2, 0.25) is 0 Å². The molecule has 0 aromatic rings. The summed E-state index contributed by atoms with van der Waals surface area (Å²) in [5.41, 5.74) is 5.56. The van der Waals surface area contributed by atoms with Crippen LogP contribution >= 0.6 is 0 Å². The maximum atomic E-state index is 11.4. The van der Waals surface area contributed by atoms with Crippen LogP contribution < -0.4 is 5.73 Å². The minimum atomic E-state index is -0.0728. The summed E-state index contributed by atoms with van der Waals surface area (Å²) >= 11 is 0. The van der Waals surface area contributed by atoms with Crippen LogP contribution in [0.3, 0.4) is 0 Å². The Labute approximate surface area is 99.7 Å². The zero-order valence-electron chi connectivity index (χ0n) is 11.2. The smallest absolute Gasteiger partial charge is 0.305 e. The van der Waals surface area contributed by atoms with Crippen LogP contribution in [0.25, 0.3) is 0 Å². The summed E-state index contributed by atoms with van der Waals surface area (Å²) in [7, 11) is 0. The van der Waals surface area contributed by atoms with Crippen LogP contribution in [0.1, 0.15) is 47.0 Å². The van der Waals surface area contributed by atoms with Gasteiger partial charge in [-0.05, 0) is 37.1 Å². The normalized spacial score (nSPS) is 13.2. The van der Waals surface area contributed by atoms with Gasteiger partial charge in [0.15, 0.2) is 0 Å². The number of carbonyl (C=O) groups is 1. The highest BCUT2D eigenvalue weighted by Crippen LogP contribution is 2.20. The standard InChI is InChI=1S/C13H27NO2/c1-10(2)9-16-13(15)6-5-12(7-8-14)11(3)4/h10-12H,5-9,14H2,1-4H3. The van der Waals surface area contributed by atoms with Crippen LogP contribution in [0, 0.1) is 17.8 Å². The van der Waals surface area contributed by atoms with Gasteiger partial charge in [-0.3, -0.25) is 4.79 Å². The molecule has 1 atom stereocenters. The van der Waals surface area contributed by atoms with Gasteiger partial charge in [-0.1, -0.05) is 27.7 Å². The molecule has 0 fully saturated rings. The summed E-state index contributed by atoms with van der Waals surface area (Å²) < 4.78 is 5.14. The summed E-state index contributed by atoms with van der Waals surface area (Å²) in [4.78, 5) is 11.4. The first-order chi connectivity index (χ1) is 7.47. The second-order valence-electron chi connectivity index (χ2n) is 5.20. The molecule has 0 aliphatic heterocycles. The SMILES string of the molecule is CC(C)COC(=O)CCC(CCN)C(C)C. The molecule has 16 heavy (non-hydrogen) atoms.